The summed E-state index contributed by atoms with van der Waals surface area (Å²) in [5, 5.41) is 0. The molecule has 1 fully saturated rings. The summed E-state index contributed by atoms with van der Waals surface area (Å²) in [6.45, 7) is 9.73. The van der Waals surface area contributed by atoms with Crippen molar-refractivity contribution in [2.24, 2.45) is 0 Å². The smallest absolute Gasteiger partial charge is 0.412 e. The van der Waals surface area contributed by atoms with Crippen LogP contribution < -0.4 is 0 Å². The van der Waals surface area contributed by atoms with Gasteiger partial charge in [0.15, 0.2) is 0 Å². The topological polar surface area (TPSA) is 65.1 Å². The van der Waals surface area contributed by atoms with Gasteiger partial charge in [0.2, 0.25) is 0 Å². The molecule has 0 N–H and O–H groups in total. The van der Waals surface area contributed by atoms with E-state index in [4.69, 9.17) is 14.2 Å². The van der Waals surface area contributed by atoms with Crippen molar-refractivity contribution in [3.05, 3.63) is 35.9 Å². The lowest BCUT2D eigenvalue weighted by molar-refractivity contribution is -0.113. The summed E-state index contributed by atoms with van der Waals surface area (Å²) < 4.78 is 17.3. The fourth-order valence-corrected chi connectivity index (χ4v) is 2.98. The Labute approximate surface area is 155 Å². The number of hydrogen-bond donors (Lipinski definition) is 0. The van der Waals surface area contributed by atoms with Crippen molar-refractivity contribution in [3.8, 4) is 0 Å². The Morgan fingerprint density at radius 2 is 2.00 bits per heavy atom. The van der Waals surface area contributed by atoms with Crippen LogP contribution in [0.3, 0.4) is 0 Å². The first-order chi connectivity index (χ1) is 12.1. The zero-order valence-electron chi connectivity index (χ0n) is 16.2. The highest BCUT2D eigenvalue weighted by Gasteiger charge is 2.48. The zero-order valence-corrected chi connectivity index (χ0v) is 16.2. The Morgan fingerprint density at radius 1 is 1.35 bits per heavy atom. The molecular formula is C20H29NO5. The van der Waals surface area contributed by atoms with Gasteiger partial charge in [-0.3, -0.25) is 4.90 Å². The molecule has 1 heterocycles. The molecule has 0 radical (unpaired) electrons. The zero-order chi connectivity index (χ0) is 19.4. The van der Waals surface area contributed by atoms with Crippen LogP contribution in [0.1, 0.15) is 46.6 Å². The molecule has 1 aliphatic heterocycles. The van der Waals surface area contributed by atoms with Gasteiger partial charge in [-0.15, -0.1) is 0 Å². The SMILES string of the molecule is CC(C)(C)OC(=O)N1[C@H]([C@H](CC=O)OCc2ccccc2)COC1(C)C. The van der Waals surface area contributed by atoms with Gasteiger partial charge >= 0.3 is 6.09 Å². The molecule has 144 valence electrons. The molecule has 1 aromatic carbocycles. The molecule has 1 amide bonds. The molecule has 0 aromatic heterocycles. The van der Waals surface area contributed by atoms with Crippen molar-refractivity contribution < 1.29 is 23.8 Å². The predicted molar refractivity (Wildman–Crippen MR) is 97.6 cm³/mol. The second kappa shape index (κ2) is 8.18. The molecule has 6 nitrogen and oxygen atoms in total. The van der Waals surface area contributed by atoms with Crippen LogP contribution in [-0.2, 0) is 25.6 Å². The van der Waals surface area contributed by atoms with Gasteiger partial charge in [0.1, 0.15) is 17.6 Å². The molecular weight excluding hydrogens is 334 g/mol. The molecule has 6 heteroatoms. The van der Waals surface area contributed by atoms with E-state index < -0.39 is 29.6 Å². The molecule has 1 aliphatic rings. The molecule has 1 aromatic rings. The highest BCUT2D eigenvalue weighted by Crippen LogP contribution is 2.32. The molecule has 1 saturated heterocycles. The van der Waals surface area contributed by atoms with E-state index in [2.05, 4.69) is 0 Å². The lowest BCUT2D eigenvalue weighted by Gasteiger charge is -2.37. The number of nitrogens with zero attached hydrogens (tertiary/aromatic N) is 1. The monoisotopic (exact) mass is 363 g/mol. The van der Waals surface area contributed by atoms with Crippen molar-refractivity contribution >= 4 is 12.4 Å². The standard InChI is InChI=1S/C20H29NO5/c1-19(2,3)26-18(23)21-16(14-25-20(21,4)5)17(11-12-22)24-13-15-9-7-6-8-10-15/h6-10,12,16-17H,11,13-14H2,1-5H3/t16-,17-/m0/s1. The Balaban J connectivity index is 2.16. The third kappa shape index (κ3) is 5.29. The fourth-order valence-electron chi connectivity index (χ4n) is 2.98. The van der Waals surface area contributed by atoms with Gasteiger partial charge in [-0.25, -0.2) is 4.79 Å². The van der Waals surface area contributed by atoms with E-state index in [1.165, 1.54) is 0 Å². The first kappa shape index (κ1) is 20.4. The van der Waals surface area contributed by atoms with E-state index >= 15 is 0 Å². The summed E-state index contributed by atoms with van der Waals surface area (Å²) >= 11 is 0. The largest absolute Gasteiger partial charge is 0.444 e. The van der Waals surface area contributed by atoms with E-state index in [1.807, 2.05) is 65.0 Å². The minimum absolute atomic E-state index is 0.177. The van der Waals surface area contributed by atoms with E-state index in [9.17, 15) is 9.59 Å². The van der Waals surface area contributed by atoms with Gasteiger partial charge in [0, 0.05) is 6.42 Å². The lowest BCUT2D eigenvalue weighted by Crippen LogP contribution is -2.53. The minimum atomic E-state index is -0.829. The number of amides is 1. The van der Waals surface area contributed by atoms with Gasteiger partial charge in [-0.1, -0.05) is 30.3 Å². The van der Waals surface area contributed by atoms with E-state index in [1.54, 1.807) is 4.90 Å². The Bertz CT molecular complexity index is 608. The van der Waals surface area contributed by atoms with Crippen molar-refractivity contribution in [3.63, 3.8) is 0 Å². The number of ether oxygens (including phenoxy) is 3. The number of carbonyl (C=O) groups excluding carboxylic acids is 2. The highest BCUT2D eigenvalue weighted by atomic mass is 16.6. The van der Waals surface area contributed by atoms with Gasteiger partial charge in [0.05, 0.1) is 25.4 Å². The van der Waals surface area contributed by atoms with E-state index in [0.717, 1.165) is 11.8 Å². The molecule has 0 saturated carbocycles. The van der Waals surface area contributed by atoms with Gasteiger partial charge < -0.3 is 19.0 Å². The molecule has 0 unspecified atom stereocenters. The van der Waals surface area contributed by atoms with Crippen LogP contribution in [0.5, 0.6) is 0 Å². The second-order valence-corrected chi connectivity index (χ2v) is 7.91. The third-order valence-corrected chi connectivity index (χ3v) is 4.17. The number of hydrogen-bond acceptors (Lipinski definition) is 5. The molecule has 26 heavy (non-hydrogen) atoms. The maximum Gasteiger partial charge on any atom is 0.412 e. The van der Waals surface area contributed by atoms with Crippen LogP contribution >= 0.6 is 0 Å². The van der Waals surface area contributed by atoms with Gasteiger partial charge in [-0.05, 0) is 40.2 Å². The summed E-state index contributed by atoms with van der Waals surface area (Å²) in [4.78, 5) is 25.5. The first-order valence-corrected chi connectivity index (χ1v) is 8.89. The predicted octanol–water partition coefficient (Wildman–Crippen LogP) is 3.53. The third-order valence-electron chi connectivity index (χ3n) is 4.17. The summed E-state index contributed by atoms with van der Waals surface area (Å²) in [6.07, 6.45) is 0.0519. The Kier molecular flexibility index (Phi) is 6.42. The van der Waals surface area contributed by atoms with Crippen LogP contribution in [0, 0.1) is 0 Å². The number of carbonyl (C=O) groups is 2. The van der Waals surface area contributed by atoms with Crippen LogP contribution in [0.15, 0.2) is 30.3 Å². The van der Waals surface area contributed by atoms with Gasteiger partial charge in [0.25, 0.3) is 0 Å². The van der Waals surface area contributed by atoms with Crippen LogP contribution in [0.25, 0.3) is 0 Å². The molecule has 0 aliphatic carbocycles. The van der Waals surface area contributed by atoms with E-state index in [0.29, 0.717) is 13.2 Å². The first-order valence-electron chi connectivity index (χ1n) is 8.89. The summed E-state index contributed by atoms with van der Waals surface area (Å²) in [5.41, 5.74) is -0.444. The van der Waals surface area contributed by atoms with Crippen LogP contribution in [0.2, 0.25) is 0 Å². The van der Waals surface area contributed by atoms with E-state index in [-0.39, 0.29) is 6.42 Å². The van der Waals surface area contributed by atoms with Crippen molar-refractivity contribution in [1.82, 2.24) is 4.90 Å². The highest BCUT2D eigenvalue weighted by molar-refractivity contribution is 5.70. The van der Waals surface area contributed by atoms with Gasteiger partial charge in [-0.2, -0.15) is 0 Å². The normalized spacial score (nSPS) is 20.7. The van der Waals surface area contributed by atoms with Crippen LogP contribution in [0.4, 0.5) is 4.79 Å². The van der Waals surface area contributed by atoms with Crippen molar-refractivity contribution in [2.75, 3.05) is 6.61 Å². The van der Waals surface area contributed by atoms with Crippen LogP contribution in [-0.4, -0.2) is 47.4 Å². The number of benzene rings is 1. The summed E-state index contributed by atoms with van der Waals surface area (Å²) in [7, 11) is 0. The minimum Gasteiger partial charge on any atom is -0.444 e. The fraction of sp³-hybridized carbons (Fsp3) is 0.600. The average Bonchev–Trinajstić information content (AvgIpc) is 2.86. The quantitative estimate of drug-likeness (QED) is 0.724. The van der Waals surface area contributed by atoms with Crippen molar-refractivity contribution in [1.29, 1.82) is 0 Å². The average molecular weight is 363 g/mol. The Hall–Kier alpha value is -1.92. The summed E-state index contributed by atoms with van der Waals surface area (Å²) in [5.74, 6) is 0. The lowest BCUT2D eigenvalue weighted by atomic mass is 10.1. The van der Waals surface area contributed by atoms with Crippen molar-refractivity contribution in [2.45, 2.75) is 71.1 Å². The molecule has 2 rings (SSSR count). The molecule has 0 bridgehead atoms. The number of rotatable bonds is 6. The maximum atomic E-state index is 12.7. The number of aldehydes is 1. The summed E-state index contributed by atoms with van der Waals surface area (Å²) in [6, 6.07) is 9.32. The molecule has 0 spiro atoms. The second-order valence-electron chi connectivity index (χ2n) is 7.91. The molecule has 2 atom stereocenters. The Morgan fingerprint density at radius 3 is 2.58 bits per heavy atom. The maximum absolute atomic E-state index is 12.7.